The first kappa shape index (κ1) is 12.1. The molecule has 0 radical (unpaired) electrons. The van der Waals surface area contributed by atoms with Gasteiger partial charge in [0.15, 0.2) is 0 Å². The van der Waals surface area contributed by atoms with E-state index in [-0.39, 0.29) is 17.9 Å². The summed E-state index contributed by atoms with van der Waals surface area (Å²) in [4.78, 5) is 11.7. The van der Waals surface area contributed by atoms with E-state index in [0.29, 0.717) is 5.69 Å². The standard InChI is InChI=1S/C12H12FN3O2/c1-7-4-9(16-15-7)6-14-12(18)10-5-8(13)2-3-11(10)17/h2-5,17H,6H2,1H3,(H,14,18)(H,15,16). The molecule has 2 aromatic rings. The average Bonchev–Trinajstić information content (AvgIpc) is 2.75. The Morgan fingerprint density at radius 1 is 1.50 bits per heavy atom. The van der Waals surface area contributed by atoms with Crippen LogP contribution in [0.4, 0.5) is 4.39 Å². The highest BCUT2D eigenvalue weighted by Crippen LogP contribution is 2.17. The Balaban J connectivity index is 2.05. The molecule has 94 valence electrons. The van der Waals surface area contributed by atoms with Crippen molar-refractivity contribution in [1.29, 1.82) is 0 Å². The predicted octanol–water partition coefficient (Wildman–Crippen LogP) is 1.49. The highest BCUT2D eigenvalue weighted by molar-refractivity contribution is 5.96. The van der Waals surface area contributed by atoms with E-state index in [1.165, 1.54) is 0 Å². The molecule has 0 atom stereocenters. The van der Waals surface area contributed by atoms with Crippen molar-refractivity contribution in [2.75, 3.05) is 0 Å². The lowest BCUT2D eigenvalue weighted by molar-refractivity contribution is 0.0947. The third kappa shape index (κ3) is 2.65. The summed E-state index contributed by atoms with van der Waals surface area (Å²) in [5.41, 5.74) is 1.45. The second kappa shape index (κ2) is 4.87. The molecule has 0 aliphatic carbocycles. The SMILES string of the molecule is Cc1cc(CNC(=O)c2cc(F)ccc2O)n[nH]1. The summed E-state index contributed by atoms with van der Waals surface area (Å²) in [6.45, 7) is 2.05. The Labute approximate surface area is 103 Å². The third-order valence-electron chi connectivity index (χ3n) is 2.39. The zero-order chi connectivity index (χ0) is 13.1. The zero-order valence-corrected chi connectivity index (χ0v) is 9.70. The maximum absolute atomic E-state index is 13.0. The van der Waals surface area contributed by atoms with Crippen LogP contribution < -0.4 is 5.32 Å². The van der Waals surface area contributed by atoms with E-state index in [4.69, 9.17) is 0 Å². The summed E-state index contributed by atoms with van der Waals surface area (Å²) in [5, 5.41) is 18.7. The normalized spacial score (nSPS) is 10.3. The number of nitrogens with one attached hydrogen (secondary N) is 2. The van der Waals surface area contributed by atoms with Crippen LogP contribution in [0, 0.1) is 12.7 Å². The van der Waals surface area contributed by atoms with Gasteiger partial charge in [0.25, 0.3) is 5.91 Å². The van der Waals surface area contributed by atoms with E-state index >= 15 is 0 Å². The van der Waals surface area contributed by atoms with Gasteiger partial charge >= 0.3 is 0 Å². The van der Waals surface area contributed by atoms with Crippen molar-refractivity contribution in [3.63, 3.8) is 0 Å². The van der Waals surface area contributed by atoms with Gasteiger partial charge in [-0.25, -0.2) is 4.39 Å². The molecule has 1 heterocycles. The highest BCUT2D eigenvalue weighted by atomic mass is 19.1. The van der Waals surface area contributed by atoms with Crippen molar-refractivity contribution >= 4 is 5.91 Å². The number of aryl methyl sites for hydroxylation is 1. The van der Waals surface area contributed by atoms with Gasteiger partial charge in [0, 0.05) is 5.69 Å². The van der Waals surface area contributed by atoms with Crippen molar-refractivity contribution in [2.24, 2.45) is 0 Å². The molecule has 0 aliphatic heterocycles. The number of carbonyl (C=O) groups is 1. The van der Waals surface area contributed by atoms with Crippen LogP contribution in [0.25, 0.3) is 0 Å². The van der Waals surface area contributed by atoms with Crippen LogP contribution in [0.2, 0.25) is 0 Å². The smallest absolute Gasteiger partial charge is 0.255 e. The minimum atomic E-state index is -0.575. The number of H-pyrrole nitrogens is 1. The molecule has 6 heteroatoms. The number of aromatic amines is 1. The Morgan fingerprint density at radius 3 is 2.94 bits per heavy atom. The van der Waals surface area contributed by atoms with E-state index in [2.05, 4.69) is 15.5 Å². The average molecular weight is 249 g/mol. The van der Waals surface area contributed by atoms with Crippen LogP contribution in [0.15, 0.2) is 24.3 Å². The molecule has 3 N–H and O–H groups in total. The van der Waals surface area contributed by atoms with E-state index in [1.807, 2.05) is 6.92 Å². The number of amides is 1. The number of aromatic hydroxyl groups is 1. The lowest BCUT2D eigenvalue weighted by atomic mass is 10.2. The zero-order valence-electron chi connectivity index (χ0n) is 9.70. The molecule has 0 fully saturated rings. The number of hydrogen-bond acceptors (Lipinski definition) is 3. The Hall–Kier alpha value is -2.37. The summed E-state index contributed by atoms with van der Waals surface area (Å²) in [5.74, 6) is -1.38. The number of rotatable bonds is 3. The molecule has 1 aromatic carbocycles. The molecule has 1 amide bonds. The molecular formula is C12H12FN3O2. The topological polar surface area (TPSA) is 78.0 Å². The molecular weight excluding hydrogens is 237 g/mol. The maximum atomic E-state index is 13.0. The number of nitrogens with zero attached hydrogens (tertiary/aromatic N) is 1. The van der Waals surface area contributed by atoms with Gasteiger partial charge in [0.2, 0.25) is 0 Å². The van der Waals surface area contributed by atoms with Crippen molar-refractivity contribution in [3.05, 3.63) is 47.0 Å². The van der Waals surface area contributed by atoms with Crippen LogP contribution in [-0.4, -0.2) is 21.2 Å². The second-order valence-corrected chi connectivity index (χ2v) is 3.89. The van der Waals surface area contributed by atoms with Gasteiger partial charge in [-0.2, -0.15) is 5.10 Å². The number of phenolic OH excluding ortho intramolecular Hbond substituents is 1. The fourth-order valence-electron chi connectivity index (χ4n) is 1.52. The number of halogens is 1. The second-order valence-electron chi connectivity index (χ2n) is 3.89. The highest BCUT2D eigenvalue weighted by Gasteiger charge is 2.12. The van der Waals surface area contributed by atoms with Gasteiger partial charge in [0.1, 0.15) is 11.6 Å². The van der Waals surface area contributed by atoms with Crippen LogP contribution >= 0.6 is 0 Å². The first-order valence-electron chi connectivity index (χ1n) is 5.34. The van der Waals surface area contributed by atoms with Gasteiger partial charge in [0.05, 0.1) is 17.8 Å². The molecule has 2 rings (SSSR count). The Kier molecular flexibility index (Phi) is 3.27. The molecule has 0 bridgehead atoms. The lowest BCUT2D eigenvalue weighted by Crippen LogP contribution is -2.23. The summed E-state index contributed by atoms with van der Waals surface area (Å²) in [6, 6.07) is 5.00. The van der Waals surface area contributed by atoms with E-state index in [9.17, 15) is 14.3 Å². The van der Waals surface area contributed by atoms with Gasteiger partial charge in [-0.15, -0.1) is 0 Å². The number of carbonyl (C=O) groups excluding carboxylic acids is 1. The van der Waals surface area contributed by atoms with Crippen LogP contribution in [-0.2, 0) is 6.54 Å². The fourth-order valence-corrected chi connectivity index (χ4v) is 1.52. The fraction of sp³-hybridized carbons (Fsp3) is 0.167. The monoisotopic (exact) mass is 249 g/mol. The predicted molar refractivity (Wildman–Crippen MR) is 62.6 cm³/mol. The molecule has 0 aliphatic rings. The first-order valence-corrected chi connectivity index (χ1v) is 5.34. The van der Waals surface area contributed by atoms with E-state index < -0.39 is 11.7 Å². The maximum Gasteiger partial charge on any atom is 0.255 e. The van der Waals surface area contributed by atoms with Gasteiger partial charge in [-0.05, 0) is 31.2 Å². The molecule has 0 unspecified atom stereocenters. The Bertz CT molecular complexity index is 580. The van der Waals surface area contributed by atoms with Crippen LogP contribution in [0.3, 0.4) is 0 Å². The summed E-state index contributed by atoms with van der Waals surface area (Å²) < 4.78 is 13.0. The van der Waals surface area contributed by atoms with Gasteiger partial charge < -0.3 is 10.4 Å². The van der Waals surface area contributed by atoms with Gasteiger partial charge in [-0.1, -0.05) is 0 Å². The number of phenols is 1. The van der Waals surface area contributed by atoms with Crippen molar-refractivity contribution in [2.45, 2.75) is 13.5 Å². The molecule has 1 aromatic heterocycles. The van der Waals surface area contributed by atoms with Gasteiger partial charge in [-0.3, -0.25) is 9.89 Å². The molecule has 0 spiro atoms. The third-order valence-corrected chi connectivity index (χ3v) is 2.39. The van der Waals surface area contributed by atoms with Crippen molar-refractivity contribution in [3.8, 4) is 5.75 Å². The summed E-state index contributed by atoms with van der Waals surface area (Å²) >= 11 is 0. The summed E-state index contributed by atoms with van der Waals surface area (Å²) in [6.07, 6.45) is 0. The van der Waals surface area contributed by atoms with Crippen LogP contribution in [0.5, 0.6) is 5.75 Å². The minimum absolute atomic E-state index is 0.0951. The Morgan fingerprint density at radius 2 is 2.28 bits per heavy atom. The number of aromatic nitrogens is 2. The lowest BCUT2D eigenvalue weighted by Gasteiger charge is -2.05. The quantitative estimate of drug-likeness (QED) is 0.771. The summed E-state index contributed by atoms with van der Waals surface area (Å²) in [7, 11) is 0. The molecule has 18 heavy (non-hydrogen) atoms. The largest absolute Gasteiger partial charge is 0.507 e. The van der Waals surface area contributed by atoms with Crippen molar-refractivity contribution < 1.29 is 14.3 Å². The molecule has 0 saturated heterocycles. The van der Waals surface area contributed by atoms with Crippen molar-refractivity contribution in [1.82, 2.24) is 15.5 Å². The van der Waals surface area contributed by atoms with E-state index in [0.717, 1.165) is 23.9 Å². The van der Waals surface area contributed by atoms with E-state index in [1.54, 1.807) is 6.07 Å². The minimum Gasteiger partial charge on any atom is -0.507 e. The molecule has 5 nitrogen and oxygen atoms in total. The van der Waals surface area contributed by atoms with Crippen LogP contribution in [0.1, 0.15) is 21.7 Å². The molecule has 0 saturated carbocycles. The number of benzene rings is 1. The first-order chi connectivity index (χ1) is 8.56. The number of hydrogen-bond donors (Lipinski definition) is 3.